The van der Waals surface area contributed by atoms with Crippen LogP contribution in [0.4, 0.5) is 0 Å². The molecule has 0 aliphatic rings. The average molecular weight is 313 g/mol. The van der Waals surface area contributed by atoms with Gasteiger partial charge in [-0.25, -0.2) is 4.68 Å². The molecule has 3 heterocycles. The SMILES string of the molecule is Cc1n[nH]c(C)c1[C@@H](C)n1cc(-c2cc(CC(C)C)[nH]n2)nn1. The first-order chi connectivity index (χ1) is 11.0. The van der Waals surface area contributed by atoms with Gasteiger partial charge in [0.1, 0.15) is 11.4 Å². The summed E-state index contributed by atoms with van der Waals surface area (Å²) in [6.45, 7) is 10.5. The zero-order valence-corrected chi connectivity index (χ0v) is 14.3. The summed E-state index contributed by atoms with van der Waals surface area (Å²) in [4.78, 5) is 0. The molecule has 0 unspecified atom stereocenters. The molecule has 3 rings (SSSR count). The van der Waals surface area contributed by atoms with E-state index in [1.807, 2.05) is 30.8 Å². The highest BCUT2D eigenvalue weighted by molar-refractivity contribution is 5.52. The molecule has 3 aromatic rings. The number of nitrogens with zero attached hydrogens (tertiary/aromatic N) is 5. The van der Waals surface area contributed by atoms with Crippen LogP contribution in [0.3, 0.4) is 0 Å². The van der Waals surface area contributed by atoms with Crippen molar-refractivity contribution in [3.05, 3.63) is 34.9 Å². The normalized spacial score (nSPS) is 13.0. The van der Waals surface area contributed by atoms with Crippen molar-refractivity contribution in [2.75, 3.05) is 0 Å². The van der Waals surface area contributed by atoms with E-state index < -0.39 is 0 Å². The Morgan fingerprint density at radius 3 is 2.52 bits per heavy atom. The van der Waals surface area contributed by atoms with Crippen LogP contribution in [0.25, 0.3) is 11.4 Å². The van der Waals surface area contributed by atoms with E-state index in [4.69, 9.17) is 0 Å². The van der Waals surface area contributed by atoms with Crippen LogP contribution in [0.1, 0.15) is 49.5 Å². The summed E-state index contributed by atoms with van der Waals surface area (Å²) < 4.78 is 1.86. The van der Waals surface area contributed by atoms with Gasteiger partial charge >= 0.3 is 0 Å². The van der Waals surface area contributed by atoms with Crippen molar-refractivity contribution in [2.24, 2.45) is 5.92 Å². The van der Waals surface area contributed by atoms with Crippen LogP contribution in [0.2, 0.25) is 0 Å². The van der Waals surface area contributed by atoms with Crippen molar-refractivity contribution >= 4 is 0 Å². The van der Waals surface area contributed by atoms with E-state index in [1.54, 1.807) is 0 Å². The third-order valence-electron chi connectivity index (χ3n) is 4.03. The lowest BCUT2D eigenvalue weighted by Gasteiger charge is -2.11. The maximum Gasteiger partial charge on any atom is 0.133 e. The predicted molar refractivity (Wildman–Crippen MR) is 88.0 cm³/mol. The fourth-order valence-electron chi connectivity index (χ4n) is 2.93. The Labute approximate surface area is 135 Å². The van der Waals surface area contributed by atoms with Crippen molar-refractivity contribution in [3.8, 4) is 11.4 Å². The van der Waals surface area contributed by atoms with Gasteiger partial charge in [-0.3, -0.25) is 10.2 Å². The number of rotatable bonds is 5. The summed E-state index contributed by atoms with van der Waals surface area (Å²) in [7, 11) is 0. The second-order valence-electron chi connectivity index (χ2n) is 6.48. The van der Waals surface area contributed by atoms with Crippen LogP contribution in [-0.4, -0.2) is 35.4 Å². The second-order valence-corrected chi connectivity index (χ2v) is 6.48. The number of hydrogen-bond acceptors (Lipinski definition) is 4. The lowest BCUT2D eigenvalue weighted by atomic mass is 10.1. The van der Waals surface area contributed by atoms with Crippen LogP contribution in [0.15, 0.2) is 12.3 Å². The first kappa shape index (κ1) is 15.5. The van der Waals surface area contributed by atoms with Gasteiger partial charge in [0.25, 0.3) is 0 Å². The van der Waals surface area contributed by atoms with Gasteiger partial charge in [-0.1, -0.05) is 19.1 Å². The standard InChI is InChI=1S/C16H23N7/c1-9(2)6-13-7-14(20-19-13)15-8-23(22-21-15)12(5)16-10(3)17-18-11(16)4/h7-9,12H,6H2,1-5H3,(H,17,18)(H,19,20)/t12-/m1/s1. The average Bonchev–Trinajstić information content (AvgIpc) is 3.18. The van der Waals surface area contributed by atoms with Gasteiger partial charge in [-0.15, -0.1) is 5.10 Å². The molecule has 0 aliphatic heterocycles. The topological polar surface area (TPSA) is 88.1 Å². The summed E-state index contributed by atoms with van der Waals surface area (Å²) in [5.41, 5.74) is 5.95. The van der Waals surface area contributed by atoms with Crippen LogP contribution in [-0.2, 0) is 6.42 Å². The summed E-state index contributed by atoms with van der Waals surface area (Å²) >= 11 is 0. The molecule has 122 valence electrons. The van der Waals surface area contributed by atoms with Gasteiger partial charge < -0.3 is 0 Å². The van der Waals surface area contributed by atoms with Crippen LogP contribution in [0.5, 0.6) is 0 Å². The molecule has 0 aromatic carbocycles. The van der Waals surface area contributed by atoms with E-state index in [1.165, 1.54) is 0 Å². The molecule has 0 spiro atoms. The molecule has 3 aromatic heterocycles. The van der Waals surface area contributed by atoms with Gasteiger partial charge in [-0.05, 0) is 39.2 Å². The smallest absolute Gasteiger partial charge is 0.133 e. The number of aryl methyl sites for hydroxylation is 2. The second kappa shape index (κ2) is 5.98. The Morgan fingerprint density at radius 2 is 1.87 bits per heavy atom. The van der Waals surface area contributed by atoms with E-state index in [0.717, 1.165) is 40.5 Å². The molecule has 1 atom stereocenters. The molecule has 0 bridgehead atoms. The Morgan fingerprint density at radius 1 is 1.09 bits per heavy atom. The number of H-pyrrole nitrogens is 2. The summed E-state index contributed by atoms with van der Waals surface area (Å²) in [5.74, 6) is 0.589. The highest BCUT2D eigenvalue weighted by Gasteiger charge is 2.18. The minimum atomic E-state index is 0.0732. The van der Waals surface area contributed by atoms with E-state index in [9.17, 15) is 0 Å². The number of aromatic nitrogens is 7. The van der Waals surface area contributed by atoms with Gasteiger partial charge in [0.05, 0.1) is 17.9 Å². The molecule has 0 saturated carbocycles. The molecule has 0 saturated heterocycles. The fourth-order valence-corrected chi connectivity index (χ4v) is 2.93. The first-order valence-electron chi connectivity index (χ1n) is 7.93. The zero-order chi connectivity index (χ0) is 16.6. The molecule has 0 radical (unpaired) electrons. The molecular formula is C16H23N7. The monoisotopic (exact) mass is 313 g/mol. The number of nitrogens with one attached hydrogen (secondary N) is 2. The lowest BCUT2D eigenvalue weighted by molar-refractivity contribution is 0.539. The van der Waals surface area contributed by atoms with Crippen molar-refractivity contribution in [3.63, 3.8) is 0 Å². The van der Waals surface area contributed by atoms with E-state index >= 15 is 0 Å². The van der Waals surface area contributed by atoms with Crippen molar-refractivity contribution in [2.45, 2.75) is 47.1 Å². The third-order valence-corrected chi connectivity index (χ3v) is 4.03. The largest absolute Gasteiger partial charge is 0.282 e. The Balaban J connectivity index is 1.84. The minimum Gasteiger partial charge on any atom is -0.282 e. The van der Waals surface area contributed by atoms with Gasteiger partial charge in [0, 0.05) is 17.0 Å². The highest BCUT2D eigenvalue weighted by Crippen LogP contribution is 2.24. The Kier molecular flexibility index (Phi) is 4.02. The molecule has 23 heavy (non-hydrogen) atoms. The number of aromatic amines is 2. The molecule has 2 N–H and O–H groups in total. The van der Waals surface area contributed by atoms with Crippen molar-refractivity contribution in [1.29, 1.82) is 0 Å². The number of hydrogen-bond donors (Lipinski definition) is 2. The van der Waals surface area contributed by atoms with Gasteiger partial charge in [-0.2, -0.15) is 10.2 Å². The molecule has 0 aliphatic carbocycles. The van der Waals surface area contributed by atoms with E-state index in [2.05, 4.69) is 51.5 Å². The summed E-state index contributed by atoms with van der Waals surface area (Å²) in [5, 5.41) is 23.2. The Bertz CT molecular complexity index is 774. The maximum absolute atomic E-state index is 4.35. The van der Waals surface area contributed by atoms with Crippen LogP contribution >= 0.6 is 0 Å². The van der Waals surface area contributed by atoms with Crippen LogP contribution < -0.4 is 0 Å². The molecule has 7 nitrogen and oxygen atoms in total. The fraction of sp³-hybridized carbons (Fsp3) is 0.500. The lowest BCUT2D eigenvalue weighted by Crippen LogP contribution is -2.09. The predicted octanol–water partition coefficient (Wildman–Crippen LogP) is 2.82. The van der Waals surface area contributed by atoms with Crippen molar-refractivity contribution < 1.29 is 0 Å². The molecule has 0 fully saturated rings. The highest BCUT2D eigenvalue weighted by atomic mass is 15.4. The quantitative estimate of drug-likeness (QED) is 0.758. The van der Waals surface area contributed by atoms with E-state index in [-0.39, 0.29) is 6.04 Å². The maximum atomic E-state index is 4.35. The van der Waals surface area contributed by atoms with Crippen molar-refractivity contribution in [1.82, 2.24) is 35.4 Å². The summed E-state index contributed by atoms with van der Waals surface area (Å²) in [6.07, 6.45) is 2.91. The molecule has 7 heteroatoms. The molecule has 0 amide bonds. The van der Waals surface area contributed by atoms with Gasteiger partial charge in [0.15, 0.2) is 0 Å². The zero-order valence-electron chi connectivity index (χ0n) is 14.3. The van der Waals surface area contributed by atoms with Gasteiger partial charge in [0.2, 0.25) is 0 Å². The Hall–Kier alpha value is -2.44. The molecular weight excluding hydrogens is 290 g/mol. The van der Waals surface area contributed by atoms with Crippen LogP contribution in [0, 0.1) is 19.8 Å². The summed E-state index contributed by atoms with van der Waals surface area (Å²) in [6, 6.07) is 2.12. The minimum absolute atomic E-state index is 0.0732. The first-order valence-corrected chi connectivity index (χ1v) is 7.93. The third kappa shape index (κ3) is 3.04. The van der Waals surface area contributed by atoms with E-state index in [0.29, 0.717) is 5.92 Å².